The number of hydrogen-bond donors (Lipinski definition) is 1. The van der Waals surface area contributed by atoms with Gasteiger partial charge in [0.15, 0.2) is 0 Å². The summed E-state index contributed by atoms with van der Waals surface area (Å²) in [7, 11) is 3.82. The molecule has 10 nitrogen and oxygen atoms in total. The fourth-order valence-corrected chi connectivity index (χ4v) is 7.90. The van der Waals surface area contributed by atoms with Crippen LogP contribution in [0.5, 0.6) is 0 Å². The predicted molar refractivity (Wildman–Crippen MR) is 175 cm³/mol. The molecule has 1 saturated carbocycles. The summed E-state index contributed by atoms with van der Waals surface area (Å²) in [5.41, 5.74) is -0.473. The van der Waals surface area contributed by atoms with Crippen molar-refractivity contribution in [1.82, 2.24) is 24.9 Å². The van der Waals surface area contributed by atoms with E-state index in [0.29, 0.717) is 19.5 Å². The smallest absolute Gasteiger partial charge is 0.329 e. The van der Waals surface area contributed by atoms with Crippen molar-refractivity contribution in [3.8, 4) is 0 Å². The third kappa shape index (κ3) is 8.79. The van der Waals surface area contributed by atoms with Crippen LogP contribution in [0.1, 0.15) is 112 Å². The van der Waals surface area contributed by atoms with Crippen LogP contribution in [0.2, 0.25) is 0 Å². The van der Waals surface area contributed by atoms with Gasteiger partial charge in [-0.2, -0.15) is 0 Å². The molecule has 3 heterocycles. The van der Waals surface area contributed by atoms with E-state index in [1.807, 2.05) is 39.8 Å². The molecule has 3 saturated heterocycles. The molecule has 4 aliphatic rings. The Labute approximate surface area is 271 Å². The quantitative estimate of drug-likeness (QED) is 0.366. The molecule has 0 aromatic rings. The standard InChI is InChI=1S/C35H61N5O5/c1-24(2)29(38(7)33(43)30(35(3,4)5)36-31(41)26-17-11-12-20-37(26)6)23-39-21-13-18-27(39)32(42)40-22-14-19-28(40)34(44)45-25-15-9-8-10-16-25/h24-30H,8-23H2,1-7H3,(H,36,41)/t26?,27?,28-,29+,30?/m0/s1. The maximum Gasteiger partial charge on any atom is 0.329 e. The number of nitrogens with one attached hydrogen (secondary N) is 1. The summed E-state index contributed by atoms with van der Waals surface area (Å²) in [6.07, 6.45) is 11.2. The summed E-state index contributed by atoms with van der Waals surface area (Å²) in [5.74, 6) is -0.255. The van der Waals surface area contributed by atoms with Crippen molar-refractivity contribution < 1.29 is 23.9 Å². The van der Waals surface area contributed by atoms with E-state index in [-0.39, 0.29) is 53.8 Å². The topological polar surface area (TPSA) is 103 Å². The van der Waals surface area contributed by atoms with Crippen LogP contribution in [-0.4, -0.2) is 120 Å². The highest BCUT2D eigenvalue weighted by molar-refractivity contribution is 5.91. The molecular weight excluding hydrogens is 570 g/mol. The number of amides is 3. The highest BCUT2D eigenvalue weighted by Crippen LogP contribution is 2.30. The van der Waals surface area contributed by atoms with Crippen molar-refractivity contribution in [3.63, 3.8) is 0 Å². The lowest BCUT2D eigenvalue weighted by Gasteiger charge is -2.41. The molecule has 3 unspecified atom stereocenters. The molecular formula is C35H61N5O5. The lowest BCUT2D eigenvalue weighted by atomic mass is 9.84. The van der Waals surface area contributed by atoms with Crippen LogP contribution in [0, 0.1) is 11.3 Å². The molecule has 3 amide bonds. The van der Waals surface area contributed by atoms with Gasteiger partial charge in [-0.15, -0.1) is 0 Å². The molecule has 3 aliphatic heterocycles. The van der Waals surface area contributed by atoms with Crippen molar-refractivity contribution in [2.24, 2.45) is 11.3 Å². The molecule has 0 spiro atoms. The second kappa shape index (κ2) is 15.6. The highest BCUT2D eigenvalue weighted by Gasteiger charge is 2.44. The SMILES string of the molecule is CC(C)[C@@H](CN1CCCC1C(=O)N1CCC[C@H]1C(=O)OC1CCCCC1)N(C)C(=O)C(NC(=O)C1CCCCN1C)C(C)(C)C. The van der Waals surface area contributed by atoms with Gasteiger partial charge < -0.3 is 19.9 Å². The average Bonchev–Trinajstić information content (AvgIpc) is 3.68. The van der Waals surface area contributed by atoms with Gasteiger partial charge >= 0.3 is 5.97 Å². The molecule has 0 aromatic carbocycles. The molecule has 45 heavy (non-hydrogen) atoms. The number of carbonyl (C=O) groups is 4. The van der Waals surface area contributed by atoms with E-state index in [9.17, 15) is 19.2 Å². The average molecular weight is 632 g/mol. The first-order valence-electron chi connectivity index (χ1n) is 17.8. The molecule has 0 aromatic heterocycles. The van der Waals surface area contributed by atoms with E-state index in [2.05, 4.69) is 29.0 Å². The zero-order chi connectivity index (χ0) is 32.9. The third-order valence-corrected chi connectivity index (χ3v) is 10.8. The van der Waals surface area contributed by atoms with Gasteiger partial charge in [0.05, 0.1) is 12.1 Å². The van der Waals surface area contributed by atoms with E-state index in [0.717, 1.165) is 77.3 Å². The minimum Gasteiger partial charge on any atom is -0.461 e. The molecule has 4 fully saturated rings. The van der Waals surface area contributed by atoms with E-state index in [1.54, 1.807) is 4.90 Å². The Kier molecular flexibility index (Phi) is 12.4. The first kappa shape index (κ1) is 35.7. The molecule has 1 N–H and O–H groups in total. The predicted octanol–water partition coefficient (Wildman–Crippen LogP) is 3.82. The van der Waals surface area contributed by atoms with E-state index in [4.69, 9.17) is 4.74 Å². The molecule has 10 heteroatoms. The number of rotatable bonds is 10. The Morgan fingerprint density at radius 2 is 1.44 bits per heavy atom. The van der Waals surface area contributed by atoms with Gasteiger partial charge in [0.25, 0.3) is 0 Å². The number of nitrogens with zero attached hydrogens (tertiary/aromatic N) is 4. The zero-order valence-corrected chi connectivity index (χ0v) is 29.2. The van der Waals surface area contributed by atoms with E-state index in [1.165, 1.54) is 6.42 Å². The Morgan fingerprint density at radius 3 is 2.09 bits per heavy atom. The minimum atomic E-state index is -0.664. The fourth-order valence-electron chi connectivity index (χ4n) is 7.90. The number of carbonyl (C=O) groups excluding carboxylic acids is 4. The normalized spacial score (nSPS) is 26.9. The first-order valence-corrected chi connectivity index (χ1v) is 17.8. The number of likely N-dealkylation sites (N-methyl/N-ethyl adjacent to an activating group) is 2. The Hall–Kier alpha value is -2.20. The van der Waals surface area contributed by atoms with Crippen molar-refractivity contribution >= 4 is 23.7 Å². The summed E-state index contributed by atoms with van der Waals surface area (Å²) in [6, 6.07) is -1.82. The van der Waals surface area contributed by atoms with Gasteiger partial charge in [0, 0.05) is 26.2 Å². The number of esters is 1. The second-order valence-corrected chi connectivity index (χ2v) is 15.6. The van der Waals surface area contributed by atoms with Gasteiger partial charge in [-0.25, -0.2) is 4.79 Å². The van der Waals surface area contributed by atoms with Gasteiger partial charge in [0.1, 0.15) is 18.2 Å². The minimum absolute atomic E-state index is 0.0167. The molecule has 4 rings (SSSR count). The molecule has 0 bridgehead atoms. The maximum absolute atomic E-state index is 14.2. The van der Waals surface area contributed by atoms with Crippen LogP contribution < -0.4 is 5.32 Å². The molecule has 256 valence electrons. The fraction of sp³-hybridized carbons (Fsp3) is 0.886. The molecule has 0 radical (unpaired) electrons. The number of likely N-dealkylation sites (tertiary alicyclic amines) is 3. The Balaban J connectivity index is 1.42. The second-order valence-electron chi connectivity index (χ2n) is 15.6. The molecule has 1 aliphatic carbocycles. The van der Waals surface area contributed by atoms with Gasteiger partial charge in [-0.1, -0.05) is 47.5 Å². The largest absolute Gasteiger partial charge is 0.461 e. The summed E-state index contributed by atoms with van der Waals surface area (Å²) in [5, 5.41) is 3.14. The zero-order valence-electron chi connectivity index (χ0n) is 29.2. The maximum atomic E-state index is 14.2. The monoisotopic (exact) mass is 631 g/mol. The van der Waals surface area contributed by atoms with Gasteiger partial charge in [-0.3, -0.25) is 24.2 Å². The summed E-state index contributed by atoms with van der Waals surface area (Å²) in [6.45, 7) is 13.0. The number of ether oxygens (including phenoxy) is 1. The van der Waals surface area contributed by atoms with Crippen LogP contribution in [-0.2, 0) is 23.9 Å². The van der Waals surface area contributed by atoms with Gasteiger partial charge in [-0.05, 0) is 95.7 Å². The van der Waals surface area contributed by atoms with Gasteiger partial charge in [0.2, 0.25) is 17.7 Å². The highest BCUT2D eigenvalue weighted by atomic mass is 16.5. The number of hydrogen-bond acceptors (Lipinski definition) is 7. The van der Waals surface area contributed by atoms with Crippen molar-refractivity contribution in [1.29, 1.82) is 0 Å². The lowest BCUT2D eigenvalue weighted by molar-refractivity contribution is -0.160. The first-order chi connectivity index (χ1) is 21.3. The van der Waals surface area contributed by atoms with Crippen LogP contribution in [0.3, 0.4) is 0 Å². The molecule has 5 atom stereocenters. The number of piperidine rings is 1. The van der Waals surface area contributed by atoms with Crippen LogP contribution in [0.4, 0.5) is 0 Å². The van der Waals surface area contributed by atoms with Crippen LogP contribution in [0.25, 0.3) is 0 Å². The van der Waals surface area contributed by atoms with Crippen LogP contribution in [0.15, 0.2) is 0 Å². The van der Waals surface area contributed by atoms with E-state index >= 15 is 0 Å². The summed E-state index contributed by atoms with van der Waals surface area (Å²) in [4.78, 5) is 62.7. The van der Waals surface area contributed by atoms with E-state index < -0.39 is 17.5 Å². The van der Waals surface area contributed by atoms with Crippen molar-refractivity contribution in [2.75, 3.05) is 40.3 Å². The lowest BCUT2D eigenvalue weighted by Crippen LogP contribution is -2.61. The summed E-state index contributed by atoms with van der Waals surface area (Å²) < 4.78 is 5.90. The van der Waals surface area contributed by atoms with Crippen molar-refractivity contribution in [2.45, 2.75) is 148 Å². The van der Waals surface area contributed by atoms with Crippen LogP contribution >= 0.6 is 0 Å². The third-order valence-electron chi connectivity index (χ3n) is 10.8. The Bertz CT molecular complexity index is 1040. The van der Waals surface area contributed by atoms with Crippen molar-refractivity contribution in [3.05, 3.63) is 0 Å². The summed E-state index contributed by atoms with van der Waals surface area (Å²) >= 11 is 0. The Morgan fingerprint density at radius 1 is 0.822 bits per heavy atom.